The predicted octanol–water partition coefficient (Wildman–Crippen LogP) is 3.48. The second-order valence-corrected chi connectivity index (χ2v) is 6.03. The third-order valence-electron chi connectivity index (χ3n) is 3.69. The molecule has 5 heteroatoms. The van der Waals surface area contributed by atoms with Crippen LogP contribution in [0.25, 0.3) is 11.0 Å². The lowest BCUT2D eigenvalue weighted by Crippen LogP contribution is -2.30. The van der Waals surface area contributed by atoms with Crippen LogP contribution in [0.5, 0.6) is 0 Å². The normalized spacial score (nSPS) is 12.5. The highest BCUT2D eigenvalue weighted by Gasteiger charge is 2.20. The van der Waals surface area contributed by atoms with Crippen molar-refractivity contribution in [3.8, 4) is 0 Å². The molecule has 2 aromatic heterocycles. The molecule has 2 heterocycles. The summed E-state index contributed by atoms with van der Waals surface area (Å²) in [4.78, 5) is 24.3. The van der Waals surface area contributed by atoms with Crippen LogP contribution in [0.15, 0.2) is 48.8 Å². The number of hydrogen-bond donors (Lipinski definition) is 2. The molecular formula is C18H20N4O. The Labute approximate surface area is 135 Å². The Morgan fingerprint density at radius 1 is 1.17 bits per heavy atom. The fourth-order valence-corrected chi connectivity index (χ4v) is 2.59. The number of benzene rings is 1. The quantitative estimate of drug-likeness (QED) is 0.758. The number of aromatic nitrogens is 3. The highest BCUT2D eigenvalue weighted by Crippen LogP contribution is 2.22. The smallest absolute Gasteiger partial charge is 0.251 e. The molecule has 0 spiro atoms. The number of carbonyl (C=O) groups is 1. The standard InChI is InChI=1S/C18H20N4O/c1-12(2)11-16(22-18(23)13-7-9-19-10-8-13)17-20-14-5-3-4-6-15(14)21-17/h3-10,12,16H,11H2,1-2H3,(H,20,21)(H,22,23)/t16-/m0/s1. The van der Waals surface area contributed by atoms with Crippen LogP contribution < -0.4 is 5.32 Å². The first-order valence-corrected chi connectivity index (χ1v) is 7.79. The van der Waals surface area contributed by atoms with Gasteiger partial charge in [0.25, 0.3) is 5.91 Å². The molecule has 1 aromatic carbocycles. The fraction of sp³-hybridized carbons (Fsp3) is 0.278. The van der Waals surface area contributed by atoms with Crippen LogP contribution in [0.1, 0.15) is 42.5 Å². The van der Waals surface area contributed by atoms with Gasteiger partial charge in [0.05, 0.1) is 17.1 Å². The van der Waals surface area contributed by atoms with Crippen molar-refractivity contribution in [2.45, 2.75) is 26.3 Å². The maximum absolute atomic E-state index is 12.4. The van der Waals surface area contributed by atoms with Gasteiger partial charge in [-0.15, -0.1) is 0 Å². The summed E-state index contributed by atoms with van der Waals surface area (Å²) < 4.78 is 0. The topological polar surface area (TPSA) is 70.7 Å². The van der Waals surface area contributed by atoms with Gasteiger partial charge in [0.15, 0.2) is 0 Å². The van der Waals surface area contributed by atoms with Gasteiger partial charge in [-0.1, -0.05) is 26.0 Å². The Bertz CT molecular complexity index is 762. The number of nitrogens with zero attached hydrogens (tertiary/aromatic N) is 2. The van der Waals surface area contributed by atoms with Gasteiger partial charge in [-0.2, -0.15) is 0 Å². The number of para-hydroxylation sites is 2. The Kier molecular flexibility index (Phi) is 4.37. The number of fused-ring (bicyclic) bond motifs is 1. The van der Waals surface area contributed by atoms with E-state index in [0.29, 0.717) is 11.5 Å². The number of H-pyrrole nitrogens is 1. The van der Waals surface area contributed by atoms with Crippen LogP contribution >= 0.6 is 0 Å². The van der Waals surface area contributed by atoms with Gasteiger partial charge in [0.2, 0.25) is 0 Å². The highest BCUT2D eigenvalue weighted by molar-refractivity contribution is 5.94. The summed E-state index contributed by atoms with van der Waals surface area (Å²) in [6, 6.07) is 11.1. The molecule has 1 atom stereocenters. The molecule has 0 saturated carbocycles. The van der Waals surface area contributed by atoms with Gasteiger partial charge >= 0.3 is 0 Å². The van der Waals surface area contributed by atoms with Crippen LogP contribution in [0.3, 0.4) is 0 Å². The molecule has 1 amide bonds. The predicted molar refractivity (Wildman–Crippen MR) is 90.0 cm³/mol. The molecule has 5 nitrogen and oxygen atoms in total. The monoisotopic (exact) mass is 308 g/mol. The lowest BCUT2D eigenvalue weighted by Gasteiger charge is -2.18. The van der Waals surface area contributed by atoms with Crippen LogP contribution in [0.2, 0.25) is 0 Å². The number of carbonyl (C=O) groups excluding carboxylic acids is 1. The highest BCUT2D eigenvalue weighted by atomic mass is 16.1. The first-order chi connectivity index (χ1) is 11.1. The third-order valence-corrected chi connectivity index (χ3v) is 3.69. The average Bonchev–Trinajstić information content (AvgIpc) is 2.98. The summed E-state index contributed by atoms with van der Waals surface area (Å²) in [5.74, 6) is 1.12. The van der Waals surface area contributed by atoms with Crippen molar-refractivity contribution in [2.75, 3.05) is 0 Å². The van der Waals surface area contributed by atoms with E-state index in [1.54, 1.807) is 24.5 Å². The molecule has 0 aliphatic rings. The van der Waals surface area contributed by atoms with Crippen molar-refractivity contribution >= 4 is 16.9 Å². The molecule has 118 valence electrons. The number of rotatable bonds is 5. The summed E-state index contributed by atoms with van der Waals surface area (Å²) in [7, 11) is 0. The second-order valence-electron chi connectivity index (χ2n) is 6.03. The lowest BCUT2D eigenvalue weighted by molar-refractivity contribution is 0.0930. The Morgan fingerprint density at radius 2 is 1.91 bits per heavy atom. The Hall–Kier alpha value is -2.69. The summed E-state index contributed by atoms with van der Waals surface area (Å²) in [6.45, 7) is 4.27. The maximum Gasteiger partial charge on any atom is 0.251 e. The van der Waals surface area contributed by atoms with Crippen molar-refractivity contribution in [3.05, 3.63) is 60.2 Å². The number of pyridine rings is 1. The van der Waals surface area contributed by atoms with Crippen molar-refractivity contribution < 1.29 is 4.79 Å². The van der Waals surface area contributed by atoms with E-state index < -0.39 is 0 Å². The minimum Gasteiger partial charge on any atom is -0.342 e. The van der Waals surface area contributed by atoms with E-state index in [1.807, 2.05) is 24.3 Å². The minimum absolute atomic E-state index is 0.112. The number of imidazole rings is 1. The molecule has 0 bridgehead atoms. The van der Waals surface area contributed by atoms with Crippen LogP contribution in [-0.2, 0) is 0 Å². The molecule has 0 radical (unpaired) electrons. The van der Waals surface area contributed by atoms with E-state index in [2.05, 4.69) is 34.1 Å². The van der Waals surface area contributed by atoms with Gasteiger partial charge in [-0.05, 0) is 36.6 Å². The van der Waals surface area contributed by atoms with Crippen molar-refractivity contribution in [2.24, 2.45) is 5.92 Å². The molecule has 2 N–H and O–H groups in total. The average molecular weight is 308 g/mol. The molecule has 0 aliphatic heterocycles. The van der Waals surface area contributed by atoms with Crippen LogP contribution in [-0.4, -0.2) is 20.9 Å². The van der Waals surface area contributed by atoms with Gasteiger partial charge in [0, 0.05) is 18.0 Å². The zero-order chi connectivity index (χ0) is 16.2. The first-order valence-electron chi connectivity index (χ1n) is 7.79. The maximum atomic E-state index is 12.4. The van der Waals surface area contributed by atoms with E-state index in [-0.39, 0.29) is 11.9 Å². The van der Waals surface area contributed by atoms with E-state index in [9.17, 15) is 4.79 Å². The van der Waals surface area contributed by atoms with Crippen molar-refractivity contribution in [1.82, 2.24) is 20.3 Å². The molecule has 3 rings (SSSR count). The van der Waals surface area contributed by atoms with Crippen LogP contribution in [0.4, 0.5) is 0 Å². The van der Waals surface area contributed by atoms with E-state index >= 15 is 0 Å². The summed E-state index contributed by atoms with van der Waals surface area (Å²) in [5.41, 5.74) is 2.49. The fourth-order valence-electron chi connectivity index (χ4n) is 2.59. The number of amides is 1. The van der Waals surface area contributed by atoms with Gasteiger partial charge in [0.1, 0.15) is 5.82 Å². The molecule has 23 heavy (non-hydrogen) atoms. The summed E-state index contributed by atoms with van der Waals surface area (Å²) in [5, 5.41) is 3.08. The number of aromatic amines is 1. The van der Waals surface area contributed by atoms with E-state index in [0.717, 1.165) is 23.3 Å². The molecule has 0 aliphatic carbocycles. The van der Waals surface area contributed by atoms with E-state index in [4.69, 9.17) is 0 Å². The minimum atomic E-state index is -0.150. The van der Waals surface area contributed by atoms with Crippen LogP contribution in [0, 0.1) is 5.92 Å². The largest absolute Gasteiger partial charge is 0.342 e. The lowest BCUT2D eigenvalue weighted by atomic mass is 10.0. The number of nitrogens with one attached hydrogen (secondary N) is 2. The molecule has 3 aromatic rings. The summed E-state index contributed by atoms with van der Waals surface area (Å²) >= 11 is 0. The third kappa shape index (κ3) is 3.56. The zero-order valence-electron chi connectivity index (χ0n) is 13.3. The van der Waals surface area contributed by atoms with Gasteiger partial charge < -0.3 is 10.3 Å². The molecule has 0 fully saturated rings. The summed E-state index contributed by atoms with van der Waals surface area (Å²) in [6.07, 6.45) is 4.05. The van der Waals surface area contributed by atoms with E-state index in [1.165, 1.54) is 0 Å². The van der Waals surface area contributed by atoms with Gasteiger partial charge in [-0.25, -0.2) is 4.98 Å². The first kappa shape index (κ1) is 15.2. The number of hydrogen-bond acceptors (Lipinski definition) is 3. The van der Waals surface area contributed by atoms with Crippen molar-refractivity contribution in [3.63, 3.8) is 0 Å². The second kappa shape index (κ2) is 6.60. The zero-order valence-corrected chi connectivity index (χ0v) is 13.3. The molecule has 0 unspecified atom stereocenters. The molecule has 0 saturated heterocycles. The Morgan fingerprint density at radius 3 is 2.61 bits per heavy atom. The van der Waals surface area contributed by atoms with Gasteiger partial charge in [-0.3, -0.25) is 9.78 Å². The molecular weight excluding hydrogens is 288 g/mol. The SMILES string of the molecule is CC(C)C[C@H](NC(=O)c1ccncc1)c1nc2ccccc2[nH]1. The van der Waals surface area contributed by atoms with Crippen molar-refractivity contribution in [1.29, 1.82) is 0 Å². The Balaban J connectivity index is 1.87.